The number of hydrogen-bond acceptors (Lipinski definition) is 5. The van der Waals surface area contributed by atoms with Crippen LogP contribution in [-0.2, 0) is 4.79 Å². The van der Waals surface area contributed by atoms with Crippen molar-refractivity contribution in [2.75, 3.05) is 31.1 Å². The lowest BCUT2D eigenvalue weighted by Gasteiger charge is -2.36. The van der Waals surface area contributed by atoms with Crippen molar-refractivity contribution in [1.29, 1.82) is 0 Å². The van der Waals surface area contributed by atoms with Crippen molar-refractivity contribution < 1.29 is 9.21 Å². The molecule has 0 saturated carbocycles. The van der Waals surface area contributed by atoms with Crippen LogP contribution in [0.2, 0.25) is 0 Å². The largest absolute Gasteiger partial charge is 0.457 e. The molecule has 2 aliphatic heterocycles. The molecule has 162 valence electrons. The SMILES string of the molecule is Cc1ccc(-c2ccc(/C=C3/SC(N4CCN(c5cccc(C)c5)CC4)=NC3=O)o2)cc1. The molecule has 0 atom stereocenters. The molecular weight excluding hydrogens is 418 g/mol. The first-order valence-corrected chi connectivity index (χ1v) is 11.6. The van der Waals surface area contributed by atoms with Gasteiger partial charge in [-0.25, -0.2) is 0 Å². The minimum Gasteiger partial charge on any atom is -0.457 e. The second-order valence-corrected chi connectivity index (χ2v) is 9.20. The number of anilines is 1. The van der Waals surface area contributed by atoms with Gasteiger partial charge < -0.3 is 14.2 Å². The van der Waals surface area contributed by atoms with Crippen LogP contribution < -0.4 is 4.90 Å². The van der Waals surface area contributed by atoms with Gasteiger partial charge in [0.1, 0.15) is 11.5 Å². The molecule has 5 nitrogen and oxygen atoms in total. The van der Waals surface area contributed by atoms with Crippen LogP contribution in [0.4, 0.5) is 5.69 Å². The molecule has 1 fully saturated rings. The molecule has 32 heavy (non-hydrogen) atoms. The highest BCUT2D eigenvalue weighted by Crippen LogP contribution is 2.32. The molecule has 0 radical (unpaired) electrons. The molecule has 6 heteroatoms. The zero-order valence-corrected chi connectivity index (χ0v) is 19.1. The van der Waals surface area contributed by atoms with E-state index in [1.165, 1.54) is 28.6 Å². The van der Waals surface area contributed by atoms with E-state index in [0.29, 0.717) is 10.7 Å². The number of nitrogens with zero attached hydrogens (tertiary/aromatic N) is 3. The third kappa shape index (κ3) is 4.36. The number of amides is 1. The van der Waals surface area contributed by atoms with Crippen LogP contribution in [-0.4, -0.2) is 42.2 Å². The molecule has 0 unspecified atom stereocenters. The summed E-state index contributed by atoms with van der Waals surface area (Å²) in [6.07, 6.45) is 1.80. The van der Waals surface area contributed by atoms with E-state index in [0.717, 1.165) is 42.7 Å². The van der Waals surface area contributed by atoms with Crippen molar-refractivity contribution in [3.8, 4) is 11.3 Å². The van der Waals surface area contributed by atoms with Crippen molar-refractivity contribution in [3.63, 3.8) is 0 Å². The quantitative estimate of drug-likeness (QED) is 0.510. The van der Waals surface area contributed by atoms with E-state index in [9.17, 15) is 4.79 Å². The van der Waals surface area contributed by atoms with Crippen molar-refractivity contribution in [3.05, 3.63) is 82.5 Å². The van der Waals surface area contributed by atoms with Crippen LogP contribution in [0.3, 0.4) is 0 Å². The normalized spacial score (nSPS) is 17.9. The zero-order chi connectivity index (χ0) is 22.1. The second-order valence-electron chi connectivity index (χ2n) is 8.19. The van der Waals surface area contributed by atoms with Gasteiger partial charge in [-0.3, -0.25) is 4.79 Å². The van der Waals surface area contributed by atoms with Crippen LogP contribution in [0.1, 0.15) is 16.9 Å². The third-order valence-corrected chi connectivity index (χ3v) is 6.81. The Kier molecular flexibility index (Phi) is 5.62. The van der Waals surface area contributed by atoms with E-state index in [1.54, 1.807) is 6.08 Å². The fourth-order valence-electron chi connectivity index (χ4n) is 3.95. The summed E-state index contributed by atoms with van der Waals surface area (Å²) in [5, 5.41) is 0.787. The number of carbonyl (C=O) groups is 1. The predicted octanol–water partition coefficient (Wildman–Crippen LogP) is 5.36. The van der Waals surface area contributed by atoms with E-state index in [-0.39, 0.29) is 5.91 Å². The van der Waals surface area contributed by atoms with Gasteiger partial charge in [-0.15, -0.1) is 0 Å². The molecule has 2 aromatic carbocycles. The Balaban J connectivity index is 1.23. The Morgan fingerprint density at radius 3 is 2.41 bits per heavy atom. The molecular formula is C26H25N3O2S. The molecule has 1 aromatic heterocycles. The smallest absolute Gasteiger partial charge is 0.286 e. The van der Waals surface area contributed by atoms with Crippen LogP contribution in [0.25, 0.3) is 17.4 Å². The first-order valence-electron chi connectivity index (χ1n) is 10.8. The van der Waals surface area contributed by atoms with Crippen molar-refractivity contribution in [1.82, 2.24) is 4.90 Å². The summed E-state index contributed by atoms with van der Waals surface area (Å²) in [6.45, 7) is 7.69. The average Bonchev–Trinajstić information content (AvgIpc) is 3.42. The monoisotopic (exact) mass is 443 g/mol. The first kappa shape index (κ1) is 20.6. The van der Waals surface area contributed by atoms with Gasteiger partial charge in [0.25, 0.3) is 5.91 Å². The highest BCUT2D eigenvalue weighted by Gasteiger charge is 2.28. The van der Waals surface area contributed by atoms with E-state index < -0.39 is 0 Å². The number of amidine groups is 1. The number of rotatable bonds is 3. The number of aryl methyl sites for hydroxylation is 2. The third-order valence-electron chi connectivity index (χ3n) is 5.76. The van der Waals surface area contributed by atoms with Gasteiger partial charge in [0.2, 0.25) is 0 Å². The molecule has 1 saturated heterocycles. The van der Waals surface area contributed by atoms with Gasteiger partial charge in [-0.1, -0.05) is 42.0 Å². The molecule has 0 N–H and O–H groups in total. The summed E-state index contributed by atoms with van der Waals surface area (Å²) in [5.41, 5.74) is 4.75. The Morgan fingerprint density at radius 2 is 1.66 bits per heavy atom. The highest BCUT2D eigenvalue weighted by atomic mass is 32.2. The lowest BCUT2D eigenvalue weighted by atomic mass is 10.1. The van der Waals surface area contributed by atoms with Crippen LogP contribution in [0.15, 0.2) is 75.0 Å². The predicted molar refractivity (Wildman–Crippen MR) is 132 cm³/mol. The van der Waals surface area contributed by atoms with Crippen LogP contribution >= 0.6 is 11.8 Å². The minimum atomic E-state index is -0.195. The van der Waals surface area contributed by atoms with Crippen molar-refractivity contribution in [2.45, 2.75) is 13.8 Å². The fraction of sp³-hybridized carbons (Fsp3) is 0.231. The number of benzene rings is 2. The summed E-state index contributed by atoms with van der Waals surface area (Å²) >= 11 is 1.44. The number of hydrogen-bond donors (Lipinski definition) is 0. The topological polar surface area (TPSA) is 49.0 Å². The summed E-state index contributed by atoms with van der Waals surface area (Å²) < 4.78 is 5.96. The maximum Gasteiger partial charge on any atom is 0.286 e. The second kappa shape index (κ2) is 8.71. The van der Waals surface area contributed by atoms with Gasteiger partial charge in [-0.05, 0) is 55.4 Å². The van der Waals surface area contributed by atoms with Crippen LogP contribution in [0, 0.1) is 13.8 Å². The number of thioether (sulfide) groups is 1. The van der Waals surface area contributed by atoms with E-state index in [1.807, 2.05) is 24.3 Å². The molecule has 2 aliphatic rings. The number of furan rings is 1. The number of aliphatic imine (C=N–C) groups is 1. The van der Waals surface area contributed by atoms with Gasteiger partial charge >= 0.3 is 0 Å². The Bertz CT molecular complexity index is 1200. The zero-order valence-electron chi connectivity index (χ0n) is 18.2. The van der Waals surface area contributed by atoms with Gasteiger partial charge in [0, 0.05) is 43.5 Å². The number of carbonyl (C=O) groups excluding carboxylic acids is 1. The maximum absolute atomic E-state index is 12.5. The molecule has 1 amide bonds. The van der Waals surface area contributed by atoms with Gasteiger partial charge in [0.15, 0.2) is 5.17 Å². The molecule has 0 spiro atoms. The van der Waals surface area contributed by atoms with Crippen LogP contribution in [0.5, 0.6) is 0 Å². The maximum atomic E-state index is 12.5. The highest BCUT2D eigenvalue weighted by molar-refractivity contribution is 8.18. The van der Waals surface area contributed by atoms with Gasteiger partial charge in [-0.2, -0.15) is 4.99 Å². The lowest BCUT2D eigenvalue weighted by Crippen LogP contribution is -2.47. The van der Waals surface area contributed by atoms with Gasteiger partial charge in [0.05, 0.1) is 4.91 Å². The Morgan fingerprint density at radius 1 is 0.906 bits per heavy atom. The van der Waals surface area contributed by atoms with E-state index >= 15 is 0 Å². The first-order chi connectivity index (χ1) is 15.5. The molecule has 3 aromatic rings. The molecule has 0 bridgehead atoms. The number of piperazine rings is 1. The molecule has 5 rings (SSSR count). The van der Waals surface area contributed by atoms with E-state index in [4.69, 9.17) is 4.42 Å². The minimum absolute atomic E-state index is 0.195. The average molecular weight is 444 g/mol. The van der Waals surface area contributed by atoms with E-state index in [2.05, 4.69) is 65.0 Å². The standard InChI is InChI=1S/C26H25N3O2S/c1-18-6-8-20(9-7-18)23-11-10-22(31-23)17-24-25(30)27-26(32-24)29-14-12-28(13-15-29)21-5-3-4-19(2)16-21/h3-11,16-17H,12-15H2,1-2H3/b24-17+. The van der Waals surface area contributed by atoms with Crippen molar-refractivity contribution >= 4 is 34.6 Å². The summed E-state index contributed by atoms with van der Waals surface area (Å²) in [5.74, 6) is 1.26. The molecule has 3 heterocycles. The summed E-state index contributed by atoms with van der Waals surface area (Å²) in [7, 11) is 0. The van der Waals surface area contributed by atoms with Crippen molar-refractivity contribution in [2.24, 2.45) is 4.99 Å². The Labute approximate surface area is 192 Å². The fourth-order valence-corrected chi connectivity index (χ4v) is 4.89. The Hall–Kier alpha value is -3.25. The molecule has 0 aliphatic carbocycles. The summed E-state index contributed by atoms with van der Waals surface area (Å²) in [6, 6.07) is 20.6. The summed E-state index contributed by atoms with van der Waals surface area (Å²) in [4.78, 5) is 22.0. The lowest BCUT2D eigenvalue weighted by molar-refractivity contribution is -0.113.